The van der Waals surface area contributed by atoms with Gasteiger partial charge in [0, 0.05) is 18.2 Å². The number of nitrogens with one attached hydrogen (secondary N) is 4. The molecule has 0 spiro atoms. The summed E-state index contributed by atoms with van der Waals surface area (Å²) in [6.07, 6.45) is 0.641. The van der Waals surface area contributed by atoms with Crippen molar-refractivity contribution in [2.75, 3.05) is 11.9 Å². The van der Waals surface area contributed by atoms with E-state index in [4.69, 9.17) is 4.98 Å². The van der Waals surface area contributed by atoms with Crippen molar-refractivity contribution in [3.8, 4) is 11.5 Å². The Kier molecular flexibility index (Phi) is 3.94. The zero-order valence-electron chi connectivity index (χ0n) is 15.5. The van der Waals surface area contributed by atoms with Crippen LogP contribution in [0.2, 0.25) is 0 Å². The Morgan fingerprint density at radius 1 is 1.27 bits per heavy atom. The number of rotatable bonds is 3. The molecule has 136 valence electrons. The summed E-state index contributed by atoms with van der Waals surface area (Å²) in [4.78, 5) is 20.5. The van der Waals surface area contributed by atoms with Gasteiger partial charge in [-0.25, -0.2) is 4.98 Å². The normalized spacial score (nSPS) is 16.6. The summed E-state index contributed by atoms with van der Waals surface area (Å²) < 4.78 is 0. The molecule has 7 heteroatoms. The van der Waals surface area contributed by atoms with Crippen molar-refractivity contribution in [3.63, 3.8) is 0 Å². The second-order valence-corrected chi connectivity index (χ2v) is 7.41. The highest BCUT2D eigenvalue weighted by Gasteiger charge is 2.29. The number of aromatic nitrogens is 4. The van der Waals surface area contributed by atoms with Crippen molar-refractivity contribution in [2.45, 2.75) is 40.2 Å². The first kappa shape index (κ1) is 16.6. The summed E-state index contributed by atoms with van der Waals surface area (Å²) in [5, 5.41) is 13.8. The number of fused-ring (bicyclic) bond motifs is 2. The Labute approximate surface area is 152 Å². The number of aryl methyl sites for hydroxylation is 2. The van der Waals surface area contributed by atoms with Crippen LogP contribution in [-0.2, 0) is 11.2 Å². The molecular formula is C19H24N6O. The fraction of sp³-hybridized carbons (Fsp3) is 0.421. The van der Waals surface area contributed by atoms with E-state index in [1.807, 2.05) is 13.8 Å². The zero-order chi connectivity index (χ0) is 18.4. The minimum atomic E-state index is -0.116. The van der Waals surface area contributed by atoms with Crippen LogP contribution in [-0.4, -0.2) is 38.7 Å². The molecular weight excluding hydrogens is 328 g/mol. The third kappa shape index (κ3) is 2.83. The molecule has 1 amide bonds. The van der Waals surface area contributed by atoms with Crippen molar-refractivity contribution in [1.82, 2.24) is 25.5 Å². The van der Waals surface area contributed by atoms with Crippen LogP contribution in [0.15, 0.2) is 12.1 Å². The lowest BCUT2D eigenvalue weighted by Crippen LogP contribution is -2.41. The van der Waals surface area contributed by atoms with Gasteiger partial charge in [-0.15, -0.1) is 0 Å². The lowest BCUT2D eigenvalue weighted by Gasteiger charge is -2.23. The quantitative estimate of drug-likeness (QED) is 0.582. The minimum absolute atomic E-state index is 0.0705. The Bertz CT molecular complexity index is 944. The zero-order valence-corrected chi connectivity index (χ0v) is 15.5. The molecule has 0 saturated heterocycles. The van der Waals surface area contributed by atoms with E-state index in [9.17, 15) is 4.79 Å². The average molecular weight is 352 g/mol. The maximum atomic E-state index is 12.4. The lowest BCUT2D eigenvalue weighted by atomic mass is 9.94. The van der Waals surface area contributed by atoms with Gasteiger partial charge in [0.1, 0.15) is 11.5 Å². The highest BCUT2D eigenvalue weighted by molar-refractivity contribution is 5.84. The second-order valence-electron chi connectivity index (χ2n) is 7.41. The molecule has 0 fully saturated rings. The summed E-state index contributed by atoms with van der Waals surface area (Å²) in [5.74, 6) is 1.56. The summed E-state index contributed by atoms with van der Waals surface area (Å²) in [6.45, 7) is 8.73. The van der Waals surface area contributed by atoms with Crippen LogP contribution < -0.4 is 10.6 Å². The van der Waals surface area contributed by atoms with E-state index in [0.717, 1.165) is 33.9 Å². The fourth-order valence-corrected chi connectivity index (χ4v) is 3.42. The van der Waals surface area contributed by atoms with E-state index in [0.29, 0.717) is 13.0 Å². The standard InChI is InChI=1S/C19H24N6O/c1-9(2)21-19(26)12-7-13-16(24-25-17(13)20-8-12)18-22-14-5-10(3)11(4)6-15(14)23-18/h5-6,9,12H,7-8H2,1-4H3,(H,21,26)(H,22,23)(H2,20,24,25). The Morgan fingerprint density at radius 3 is 2.81 bits per heavy atom. The third-order valence-corrected chi connectivity index (χ3v) is 4.97. The molecule has 1 aliphatic rings. The minimum Gasteiger partial charge on any atom is -0.369 e. The topological polar surface area (TPSA) is 98.5 Å². The van der Waals surface area contributed by atoms with Crippen molar-refractivity contribution < 1.29 is 4.79 Å². The van der Waals surface area contributed by atoms with E-state index < -0.39 is 0 Å². The first-order valence-corrected chi connectivity index (χ1v) is 9.01. The number of amides is 1. The average Bonchev–Trinajstić information content (AvgIpc) is 3.17. The van der Waals surface area contributed by atoms with E-state index in [1.165, 1.54) is 11.1 Å². The molecule has 0 bridgehead atoms. The van der Waals surface area contributed by atoms with Gasteiger partial charge in [0.2, 0.25) is 5.91 Å². The predicted octanol–water partition coefficient (Wildman–Crippen LogP) is 2.68. The van der Waals surface area contributed by atoms with Gasteiger partial charge in [-0.2, -0.15) is 5.10 Å². The predicted molar refractivity (Wildman–Crippen MR) is 102 cm³/mol. The molecule has 1 aliphatic heterocycles. The van der Waals surface area contributed by atoms with Crippen LogP contribution in [0.1, 0.15) is 30.5 Å². The number of benzene rings is 1. The second kappa shape index (κ2) is 6.16. The molecule has 3 heterocycles. The molecule has 1 aromatic carbocycles. The third-order valence-electron chi connectivity index (χ3n) is 4.97. The molecule has 3 aromatic rings. The monoisotopic (exact) mass is 352 g/mol. The Hall–Kier alpha value is -2.83. The smallest absolute Gasteiger partial charge is 0.225 e. The van der Waals surface area contributed by atoms with Gasteiger partial charge in [0.05, 0.1) is 17.0 Å². The number of hydrogen-bond donors (Lipinski definition) is 4. The number of anilines is 1. The van der Waals surface area contributed by atoms with Crippen LogP contribution in [0.5, 0.6) is 0 Å². The number of imidazole rings is 1. The van der Waals surface area contributed by atoms with Crippen LogP contribution >= 0.6 is 0 Å². The summed E-state index contributed by atoms with van der Waals surface area (Å²) in [5.41, 5.74) is 6.15. The SMILES string of the molecule is Cc1cc2nc(-c3n[nH]c4c3CC(C(=O)NC(C)C)CN4)[nH]c2cc1C. The van der Waals surface area contributed by atoms with E-state index >= 15 is 0 Å². The number of aromatic amines is 2. The van der Waals surface area contributed by atoms with Crippen LogP contribution in [0.4, 0.5) is 5.82 Å². The number of carbonyl (C=O) groups is 1. The first-order valence-electron chi connectivity index (χ1n) is 9.01. The maximum absolute atomic E-state index is 12.4. The van der Waals surface area contributed by atoms with Gasteiger partial charge in [0.25, 0.3) is 0 Å². The number of hydrogen-bond acceptors (Lipinski definition) is 4. The van der Waals surface area contributed by atoms with Gasteiger partial charge in [-0.1, -0.05) is 0 Å². The van der Waals surface area contributed by atoms with E-state index in [-0.39, 0.29) is 17.9 Å². The van der Waals surface area contributed by atoms with Gasteiger partial charge in [-0.05, 0) is 57.4 Å². The Morgan fingerprint density at radius 2 is 2.04 bits per heavy atom. The lowest BCUT2D eigenvalue weighted by molar-refractivity contribution is -0.125. The largest absolute Gasteiger partial charge is 0.369 e. The molecule has 7 nitrogen and oxygen atoms in total. The van der Waals surface area contributed by atoms with Crippen LogP contribution in [0.3, 0.4) is 0 Å². The molecule has 2 aromatic heterocycles. The van der Waals surface area contributed by atoms with Crippen molar-refractivity contribution in [2.24, 2.45) is 5.92 Å². The maximum Gasteiger partial charge on any atom is 0.225 e. The molecule has 0 saturated carbocycles. The van der Waals surface area contributed by atoms with Crippen LogP contribution in [0, 0.1) is 19.8 Å². The fourth-order valence-electron chi connectivity index (χ4n) is 3.42. The summed E-state index contributed by atoms with van der Waals surface area (Å²) >= 11 is 0. The van der Waals surface area contributed by atoms with Gasteiger partial charge >= 0.3 is 0 Å². The first-order chi connectivity index (χ1) is 12.4. The highest BCUT2D eigenvalue weighted by Crippen LogP contribution is 2.32. The van der Waals surface area contributed by atoms with Crippen molar-refractivity contribution in [3.05, 3.63) is 28.8 Å². The van der Waals surface area contributed by atoms with Gasteiger partial charge in [0.15, 0.2) is 5.82 Å². The molecule has 4 N–H and O–H groups in total. The summed E-state index contributed by atoms with van der Waals surface area (Å²) in [7, 11) is 0. The highest BCUT2D eigenvalue weighted by atomic mass is 16.1. The molecule has 1 unspecified atom stereocenters. The number of nitrogens with zero attached hydrogens (tertiary/aromatic N) is 2. The molecule has 26 heavy (non-hydrogen) atoms. The molecule has 0 aliphatic carbocycles. The van der Waals surface area contributed by atoms with Gasteiger partial charge < -0.3 is 15.6 Å². The van der Waals surface area contributed by atoms with Crippen molar-refractivity contribution in [1.29, 1.82) is 0 Å². The summed E-state index contributed by atoms with van der Waals surface area (Å²) in [6, 6.07) is 4.33. The van der Waals surface area contributed by atoms with Crippen LogP contribution in [0.25, 0.3) is 22.6 Å². The van der Waals surface area contributed by atoms with E-state index in [2.05, 4.69) is 51.8 Å². The number of carbonyl (C=O) groups excluding carboxylic acids is 1. The number of H-pyrrole nitrogens is 2. The van der Waals surface area contributed by atoms with E-state index in [1.54, 1.807) is 0 Å². The molecule has 4 rings (SSSR count). The van der Waals surface area contributed by atoms with Gasteiger partial charge in [-0.3, -0.25) is 9.89 Å². The molecule has 1 atom stereocenters. The Balaban J connectivity index is 1.68. The molecule has 0 radical (unpaired) electrons. The van der Waals surface area contributed by atoms with Crippen molar-refractivity contribution >= 4 is 22.8 Å².